The second-order valence-corrected chi connectivity index (χ2v) is 4.17. The SMILES string of the molecule is NC(=O)c1ccc(-c2ccc(C(F)(F)F)cc2)c(O)c1. The number of phenolic OH excluding ortho intramolecular Hbond substituents is 1. The summed E-state index contributed by atoms with van der Waals surface area (Å²) < 4.78 is 37.3. The Hall–Kier alpha value is -2.50. The number of aromatic hydroxyl groups is 1. The van der Waals surface area contributed by atoms with Crippen LogP contribution in [0, 0.1) is 0 Å². The summed E-state index contributed by atoms with van der Waals surface area (Å²) in [5.74, 6) is -0.916. The molecule has 2 aromatic carbocycles. The van der Waals surface area contributed by atoms with Gasteiger partial charge in [-0.25, -0.2) is 0 Å². The first-order chi connectivity index (χ1) is 9.29. The quantitative estimate of drug-likeness (QED) is 0.888. The molecule has 3 nitrogen and oxygen atoms in total. The van der Waals surface area contributed by atoms with Crippen molar-refractivity contribution in [3.63, 3.8) is 0 Å². The van der Waals surface area contributed by atoms with Crippen LogP contribution in [0.15, 0.2) is 42.5 Å². The minimum Gasteiger partial charge on any atom is -0.507 e. The minimum absolute atomic E-state index is 0.123. The molecule has 6 heteroatoms. The van der Waals surface area contributed by atoms with E-state index in [9.17, 15) is 23.1 Å². The lowest BCUT2D eigenvalue weighted by molar-refractivity contribution is -0.137. The Morgan fingerprint density at radius 2 is 1.65 bits per heavy atom. The maximum atomic E-state index is 12.4. The van der Waals surface area contributed by atoms with Gasteiger partial charge in [-0.1, -0.05) is 12.1 Å². The van der Waals surface area contributed by atoms with Gasteiger partial charge in [-0.2, -0.15) is 13.2 Å². The summed E-state index contributed by atoms with van der Waals surface area (Å²) in [5.41, 5.74) is 5.15. The van der Waals surface area contributed by atoms with Crippen molar-refractivity contribution in [3.8, 4) is 16.9 Å². The molecule has 3 N–H and O–H groups in total. The minimum atomic E-state index is -4.41. The largest absolute Gasteiger partial charge is 0.507 e. The van der Waals surface area contributed by atoms with E-state index in [1.165, 1.54) is 30.3 Å². The lowest BCUT2D eigenvalue weighted by Crippen LogP contribution is -2.10. The summed E-state index contributed by atoms with van der Waals surface area (Å²) in [5, 5.41) is 9.79. The summed E-state index contributed by atoms with van der Waals surface area (Å²) in [6.07, 6.45) is -4.41. The average Bonchev–Trinajstić information content (AvgIpc) is 2.37. The molecule has 0 unspecified atom stereocenters. The monoisotopic (exact) mass is 281 g/mol. The molecule has 20 heavy (non-hydrogen) atoms. The normalized spacial score (nSPS) is 11.3. The Labute approximate surface area is 112 Å². The van der Waals surface area contributed by atoms with Crippen LogP contribution in [0.1, 0.15) is 15.9 Å². The fourth-order valence-corrected chi connectivity index (χ4v) is 1.77. The third-order valence-corrected chi connectivity index (χ3v) is 2.81. The molecular formula is C14H10F3NO2. The van der Waals surface area contributed by atoms with Crippen LogP contribution < -0.4 is 5.73 Å². The topological polar surface area (TPSA) is 63.3 Å². The molecule has 0 spiro atoms. The van der Waals surface area contributed by atoms with E-state index in [1.54, 1.807) is 0 Å². The van der Waals surface area contributed by atoms with Gasteiger partial charge in [-0.05, 0) is 35.9 Å². The number of halogens is 3. The molecule has 104 valence electrons. The molecule has 0 aliphatic rings. The number of rotatable bonds is 2. The first kappa shape index (κ1) is 13.9. The predicted molar refractivity (Wildman–Crippen MR) is 67.1 cm³/mol. The smallest absolute Gasteiger partial charge is 0.416 e. The van der Waals surface area contributed by atoms with E-state index in [1.807, 2.05) is 0 Å². The maximum absolute atomic E-state index is 12.4. The Kier molecular flexibility index (Phi) is 3.40. The molecule has 0 saturated heterocycles. The maximum Gasteiger partial charge on any atom is 0.416 e. The van der Waals surface area contributed by atoms with Gasteiger partial charge >= 0.3 is 6.18 Å². The zero-order valence-electron chi connectivity index (χ0n) is 10.1. The van der Waals surface area contributed by atoms with Gasteiger partial charge in [0, 0.05) is 11.1 Å². The summed E-state index contributed by atoms with van der Waals surface area (Å²) in [6.45, 7) is 0. The number of primary amides is 1. The zero-order valence-corrected chi connectivity index (χ0v) is 10.1. The molecule has 2 aromatic rings. The van der Waals surface area contributed by atoms with Gasteiger partial charge in [-0.3, -0.25) is 4.79 Å². The van der Waals surface area contributed by atoms with Gasteiger partial charge in [-0.15, -0.1) is 0 Å². The number of carbonyl (C=O) groups is 1. The number of alkyl halides is 3. The summed E-state index contributed by atoms with van der Waals surface area (Å²) in [7, 11) is 0. The zero-order chi connectivity index (χ0) is 14.9. The van der Waals surface area contributed by atoms with Crippen molar-refractivity contribution in [2.45, 2.75) is 6.18 Å². The Morgan fingerprint density at radius 3 is 2.10 bits per heavy atom. The second kappa shape index (κ2) is 4.88. The molecule has 0 saturated carbocycles. The fourth-order valence-electron chi connectivity index (χ4n) is 1.77. The van der Waals surface area contributed by atoms with Crippen LogP contribution in [-0.2, 0) is 6.18 Å². The van der Waals surface area contributed by atoms with Crippen LogP contribution in [0.25, 0.3) is 11.1 Å². The molecule has 0 bridgehead atoms. The highest BCUT2D eigenvalue weighted by atomic mass is 19.4. The van der Waals surface area contributed by atoms with Gasteiger partial charge in [0.25, 0.3) is 0 Å². The van der Waals surface area contributed by atoms with E-state index in [2.05, 4.69) is 0 Å². The summed E-state index contributed by atoms with van der Waals surface area (Å²) >= 11 is 0. The van der Waals surface area contributed by atoms with E-state index in [-0.39, 0.29) is 11.3 Å². The van der Waals surface area contributed by atoms with Gasteiger partial charge < -0.3 is 10.8 Å². The second-order valence-electron chi connectivity index (χ2n) is 4.17. The van der Waals surface area contributed by atoms with Crippen molar-refractivity contribution >= 4 is 5.91 Å². The summed E-state index contributed by atoms with van der Waals surface area (Å²) in [4.78, 5) is 10.9. The predicted octanol–water partition coefficient (Wildman–Crippen LogP) is 3.18. The van der Waals surface area contributed by atoms with Crippen molar-refractivity contribution in [3.05, 3.63) is 53.6 Å². The molecule has 2 rings (SSSR count). The van der Waals surface area contributed by atoms with Gasteiger partial charge in [0.05, 0.1) is 5.56 Å². The number of carbonyl (C=O) groups excluding carboxylic acids is 1. The highest BCUT2D eigenvalue weighted by molar-refractivity contribution is 5.94. The van der Waals surface area contributed by atoms with Crippen LogP contribution in [0.5, 0.6) is 5.75 Å². The van der Waals surface area contributed by atoms with E-state index < -0.39 is 17.6 Å². The highest BCUT2D eigenvalue weighted by Crippen LogP contribution is 2.33. The Morgan fingerprint density at radius 1 is 1.05 bits per heavy atom. The lowest BCUT2D eigenvalue weighted by Gasteiger charge is -2.09. The Bertz CT molecular complexity index is 648. The lowest BCUT2D eigenvalue weighted by atomic mass is 10.0. The molecule has 0 atom stereocenters. The molecule has 1 amide bonds. The van der Waals surface area contributed by atoms with Crippen molar-refractivity contribution in [1.29, 1.82) is 0 Å². The van der Waals surface area contributed by atoms with Crippen molar-refractivity contribution in [2.24, 2.45) is 5.73 Å². The number of hydrogen-bond donors (Lipinski definition) is 2. The molecule has 0 fully saturated rings. The average molecular weight is 281 g/mol. The molecule has 0 aliphatic heterocycles. The van der Waals surface area contributed by atoms with Crippen LogP contribution in [-0.4, -0.2) is 11.0 Å². The van der Waals surface area contributed by atoms with Crippen LogP contribution in [0.3, 0.4) is 0 Å². The third-order valence-electron chi connectivity index (χ3n) is 2.81. The number of hydrogen-bond acceptors (Lipinski definition) is 2. The van der Waals surface area contributed by atoms with Crippen LogP contribution in [0.4, 0.5) is 13.2 Å². The molecule has 0 aliphatic carbocycles. The third kappa shape index (κ3) is 2.74. The first-order valence-electron chi connectivity index (χ1n) is 5.59. The van der Waals surface area contributed by atoms with Gasteiger partial charge in [0.15, 0.2) is 0 Å². The first-order valence-corrected chi connectivity index (χ1v) is 5.59. The molecule has 0 radical (unpaired) electrons. The van der Waals surface area contributed by atoms with E-state index in [0.717, 1.165) is 12.1 Å². The number of benzene rings is 2. The van der Waals surface area contributed by atoms with Crippen molar-refractivity contribution in [1.82, 2.24) is 0 Å². The summed E-state index contributed by atoms with van der Waals surface area (Å²) in [6, 6.07) is 8.36. The van der Waals surface area contributed by atoms with Gasteiger partial charge in [0.1, 0.15) is 5.75 Å². The number of amides is 1. The number of nitrogens with two attached hydrogens (primary N) is 1. The van der Waals surface area contributed by atoms with Crippen LogP contribution in [0.2, 0.25) is 0 Å². The molecule has 0 heterocycles. The Balaban J connectivity index is 2.40. The standard InChI is InChI=1S/C14H10F3NO2/c15-14(16,17)10-4-1-8(2-5-10)11-6-3-9(13(18)20)7-12(11)19/h1-7,19H,(H2,18,20). The van der Waals surface area contributed by atoms with E-state index in [4.69, 9.17) is 5.73 Å². The van der Waals surface area contributed by atoms with Gasteiger partial charge in [0.2, 0.25) is 5.91 Å². The van der Waals surface area contributed by atoms with E-state index >= 15 is 0 Å². The van der Waals surface area contributed by atoms with Crippen LogP contribution >= 0.6 is 0 Å². The molecule has 0 aromatic heterocycles. The van der Waals surface area contributed by atoms with E-state index in [0.29, 0.717) is 11.1 Å². The molecular weight excluding hydrogens is 271 g/mol. The number of phenols is 1. The highest BCUT2D eigenvalue weighted by Gasteiger charge is 2.30. The van der Waals surface area contributed by atoms with Crippen molar-refractivity contribution < 1.29 is 23.1 Å². The fraction of sp³-hybridized carbons (Fsp3) is 0.0714. The van der Waals surface area contributed by atoms with Crippen molar-refractivity contribution in [2.75, 3.05) is 0 Å².